The summed E-state index contributed by atoms with van der Waals surface area (Å²) in [5.41, 5.74) is 3.86. The van der Waals surface area contributed by atoms with Gasteiger partial charge in [0.2, 0.25) is 0 Å². The lowest BCUT2D eigenvalue weighted by Gasteiger charge is -2.29. The monoisotopic (exact) mass is 391 g/mol. The Hall–Kier alpha value is -2.80. The van der Waals surface area contributed by atoms with Crippen molar-refractivity contribution in [1.82, 2.24) is 24.9 Å². The van der Waals surface area contributed by atoms with Crippen LogP contribution >= 0.6 is 11.3 Å². The smallest absolute Gasteiger partial charge is 0.264 e. The van der Waals surface area contributed by atoms with Crippen molar-refractivity contribution in [3.05, 3.63) is 57.8 Å². The number of aromatic nitrogens is 4. The van der Waals surface area contributed by atoms with Gasteiger partial charge in [-0.2, -0.15) is 4.52 Å². The molecule has 0 spiro atoms. The molecule has 5 rings (SSSR count). The van der Waals surface area contributed by atoms with Crippen molar-refractivity contribution >= 4 is 33.8 Å². The Bertz CT molecular complexity index is 1140. The number of carbonyl (C=O) groups excluding carboxylic acids is 1. The van der Waals surface area contributed by atoms with Crippen LogP contribution in [-0.2, 0) is 6.54 Å². The number of hydrogen-bond acceptors (Lipinski definition) is 5. The molecule has 4 aromatic rings. The number of hydrogen-bond donors (Lipinski definition) is 0. The van der Waals surface area contributed by atoms with Crippen LogP contribution in [-0.4, -0.2) is 36.9 Å². The summed E-state index contributed by atoms with van der Waals surface area (Å²) in [5.74, 6) is 0.108. The number of aryl methyl sites for hydroxylation is 1. The third-order valence-corrected chi connectivity index (χ3v) is 6.52. The first-order valence-electron chi connectivity index (χ1n) is 9.66. The number of thiophene rings is 1. The molecule has 3 aromatic heterocycles. The van der Waals surface area contributed by atoms with Crippen LogP contribution in [0.4, 0.5) is 0 Å². The second-order valence-electron chi connectivity index (χ2n) is 7.45. The molecule has 3 heterocycles. The lowest BCUT2D eigenvalue weighted by molar-refractivity contribution is 0.0670. The van der Waals surface area contributed by atoms with Gasteiger partial charge in [-0.3, -0.25) is 4.79 Å². The van der Waals surface area contributed by atoms with Gasteiger partial charge >= 0.3 is 0 Å². The SMILES string of the molecule is Cc1cccc2cc(CN(C(=O)c3cccs3)C3CCCC3)c3nnnn3c12. The third kappa shape index (κ3) is 2.86. The highest BCUT2D eigenvalue weighted by Crippen LogP contribution is 2.29. The number of fused-ring (bicyclic) bond motifs is 3. The number of benzene rings is 1. The molecular weight excluding hydrogens is 370 g/mol. The number of para-hydroxylation sites is 1. The second kappa shape index (κ2) is 6.98. The maximum absolute atomic E-state index is 13.3. The van der Waals surface area contributed by atoms with E-state index in [0.29, 0.717) is 6.54 Å². The maximum atomic E-state index is 13.3. The summed E-state index contributed by atoms with van der Waals surface area (Å²) in [4.78, 5) is 16.1. The molecule has 142 valence electrons. The Morgan fingerprint density at radius 2 is 2.11 bits per heavy atom. The zero-order valence-corrected chi connectivity index (χ0v) is 16.5. The second-order valence-corrected chi connectivity index (χ2v) is 8.39. The predicted octanol–water partition coefficient (Wildman–Crippen LogP) is 4.23. The molecule has 0 aliphatic heterocycles. The van der Waals surface area contributed by atoms with Gasteiger partial charge in [0.05, 0.1) is 16.9 Å². The quantitative estimate of drug-likeness (QED) is 0.522. The molecule has 7 heteroatoms. The van der Waals surface area contributed by atoms with Crippen LogP contribution in [0.3, 0.4) is 0 Å². The Morgan fingerprint density at radius 1 is 1.25 bits per heavy atom. The fourth-order valence-corrected chi connectivity index (χ4v) is 4.98. The minimum absolute atomic E-state index is 0.108. The summed E-state index contributed by atoms with van der Waals surface area (Å²) < 4.78 is 1.81. The van der Waals surface area contributed by atoms with E-state index in [1.54, 1.807) is 0 Å². The van der Waals surface area contributed by atoms with E-state index in [1.807, 2.05) is 33.0 Å². The Kier molecular flexibility index (Phi) is 4.31. The van der Waals surface area contributed by atoms with Crippen LogP contribution in [0, 0.1) is 6.92 Å². The number of carbonyl (C=O) groups is 1. The van der Waals surface area contributed by atoms with Crippen molar-refractivity contribution in [3.8, 4) is 0 Å². The van der Waals surface area contributed by atoms with Crippen molar-refractivity contribution in [3.63, 3.8) is 0 Å². The first kappa shape index (κ1) is 17.3. The van der Waals surface area contributed by atoms with E-state index in [0.717, 1.165) is 45.4 Å². The molecule has 0 N–H and O–H groups in total. The van der Waals surface area contributed by atoms with Crippen molar-refractivity contribution in [2.24, 2.45) is 0 Å². The average molecular weight is 392 g/mol. The topological polar surface area (TPSA) is 63.4 Å². The van der Waals surface area contributed by atoms with Crippen LogP contribution in [0.25, 0.3) is 16.6 Å². The molecule has 0 unspecified atom stereocenters. The van der Waals surface area contributed by atoms with Crippen LogP contribution in [0.5, 0.6) is 0 Å². The molecule has 1 saturated carbocycles. The molecule has 1 aliphatic carbocycles. The van der Waals surface area contributed by atoms with E-state index in [-0.39, 0.29) is 11.9 Å². The molecule has 0 saturated heterocycles. The molecular formula is C21H21N5OS. The molecule has 1 aromatic carbocycles. The molecule has 1 aliphatic rings. The molecule has 28 heavy (non-hydrogen) atoms. The highest BCUT2D eigenvalue weighted by molar-refractivity contribution is 7.12. The Labute approximate surface area is 166 Å². The predicted molar refractivity (Wildman–Crippen MR) is 109 cm³/mol. The summed E-state index contributed by atoms with van der Waals surface area (Å²) in [5, 5.41) is 15.5. The van der Waals surface area contributed by atoms with E-state index >= 15 is 0 Å². The first-order chi connectivity index (χ1) is 13.7. The highest BCUT2D eigenvalue weighted by atomic mass is 32.1. The van der Waals surface area contributed by atoms with Gasteiger partial charge in [-0.1, -0.05) is 37.1 Å². The average Bonchev–Trinajstić information content (AvgIpc) is 3.47. The van der Waals surface area contributed by atoms with Gasteiger partial charge in [-0.15, -0.1) is 16.4 Å². The van der Waals surface area contributed by atoms with E-state index in [4.69, 9.17) is 0 Å². The van der Waals surface area contributed by atoms with Crippen molar-refractivity contribution in [2.45, 2.75) is 45.2 Å². The van der Waals surface area contributed by atoms with Gasteiger partial charge in [-0.05, 0) is 53.3 Å². The summed E-state index contributed by atoms with van der Waals surface area (Å²) in [6.07, 6.45) is 4.48. The van der Waals surface area contributed by atoms with Crippen LogP contribution < -0.4 is 0 Å². The summed E-state index contributed by atoms with van der Waals surface area (Å²) in [6, 6.07) is 12.4. The first-order valence-corrected chi connectivity index (χ1v) is 10.5. The molecule has 1 amide bonds. The summed E-state index contributed by atoms with van der Waals surface area (Å²) >= 11 is 1.50. The number of tetrazole rings is 1. The van der Waals surface area contributed by atoms with Crippen molar-refractivity contribution in [1.29, 1.82) is 0 Å². The molecule has 0 bridgehead atoms. The maximum Gasteiger partial charge on any atom is 0.264 e. The Balaban J connectivity index is 1.61. The normalized spacial score (nSPS) is 14.9. The standard InChI is InChI=1S/C21H21N5OS/c1-14-6-4-7-15-12-16(20-22-23-24-26(20)19(14)15)13-25(17-8-2-3-9-17)21(27)18-10-5-11-28-18/h4-7,10-12,17H,2-3,8-9,13H2,1H3. The van der Waals surface area contributed by atoms with Crippen LogP contribution in [0.1, 0.15) is 46.5 Å². The van der Waals surface area contributed by atoms with Gasteiger partial charge in [0.25, 0.3) is 5.91 Å². The fraction of sp³-hybridized carbons (Fsp3) is 0.333. The van der Waals surface area contributed by atoms with Gasteiger partial charge in [-0.25, -0.2) is 0 Å². The highest BCUT2D eigenvalue weighted by Gasteiger charge is 2.29. The number of pyridine rings is 1. The Morgan fingerprint density at radius 3 is 2.89 bits per heavy atom. The van der Waals surface area contributed by atoms with Gasteiger partial charge in [0.15, 0.2) is 5.65 Å². The van der Waals surface area contributed by atoms with Crippen molar-refractivity contribution < 1.29 is 4.79 Å². The minimum atomic E-state index is 0.108. The molecule has 0 radical (unpaired) electrons. The third-order valence-electron chi connectivity index (χ3n) is 5.67. The molecule has 0 atom stereocenters. The summed E-state index contributed by atoms with van der Waals surface area (Å²) in [6.45, 7) is 2.59. The molecule has 6 nitrogen and oxygen atoms in total. The van der Waals surface area contributed by atoms with Crippen LogP contribution in [0.15, 0.2) is 41.8 Å². The lowest BCUT2D eigenvalue weighted by Crippen LogP contribution is -2.38. The van der Waals surface area contributed by atoms with Gasteiger partial charge in [0.1, 0.15) is 0 Å². The number of amides is 1. The zero-order valence-electron chi connectivity index (χ0n) is 15.7. The zero-order chi connectivity index (χ0) is 19.1. The van der Waals surface area contributed by atoms with Crippen LogP contribution in [0.2, 0.25) is 0 Å². The van der Waals surface area contributed by atoms with E-state index in [1.165, 1.54) is 24.2 Å². The lowest BCUT2D eigenvalue weighted by atomic mass is 10.1. The van der Waals surface area contributed by atoms with E-state index < -0.39 is 0 Å². The number of nitrogens with zero attached hydrogens (tertiary/aromatic N) is 5. The van der Waals surface area contributed by atoms with Gasteiger partial charge in [0, 0.05) is 17.0 Å². The van der Waals surface area contributed by atoms with E-state index in [2.05, 4.69) is 40.6 Å². The minimum Gasteiger partial charge on any atom is -0.330 e. The molecule has 1 fully saturated rings. The largest absolute Gasteiger partial charge is 0.330 e. The fourth-order valence-electron chi connectivity index (χ4n) is 4.30. The van der Waals surface area contributed by atoms with Crippen molar-refractivity contribution in [2.75, 3.05) is 0 Å². The van der Waals surface area contributed by atoms with Gasteiger partial charge < -0.3 is 4.90 Å². The van der Waals surface area contributed by atoms with E-state index in [9.17, 15) is 4.79 Å². The number of rotatable bonds is 4. The summed E-state index contributed by atoms with van der Waals surface area (Å²) in [7, 11) is 0.